The minimum atomic E-state index is -3.48. The molecule has 2 aromatic carbocycles. The van der Waals surface area contributed by atoms with Crippen LogP contribution in [0.1, 0.15) is 5.56 Å². The molecule has 98 valence electrons. The van der Waals surface area contributed by atoms with Gasteiger partial charge < -0.3 is 0 Å². The lowest BCUT2D eigenvalue weighted by molar-refractivity contribution is 0.609. The van der Waals surface area contributed by atoms with Crippen molar-refractivity contribution in [2.75, 3.05) is 4.72 Å². The summed E-state index contributed by atoms with van der Waals surface area (Å²) in [6.07, 6.45) is 1.57. The van der Waals surface area contributed by atoms with Crippen LogP contribution in [-0.2, 0) is 10.0 Å². The van der Waals surface area contributed by atoms with E-state index in [-0.39, 0.29) is 0 Å². The van der Waals surface area contributed by atoms with Crippen LogP contribution >= 0.6 is 22.6 Å². The van der Waals surface area contributed by atoms with E-state index in [4.69, 9.17) is 0 Å². The Hall–Kier alpha value is -1.34. The molecular formula is C14H12INO2S. The van der Waals surface area contributed by atoms with E-state index in [1.54, 1.807) is 24.3 Å². The molecule has 0 aliphatic heterocycles. The third-order valence-corrected chi connectivity index (χ3v) is 4.01. The minimum Gasteiger partial charge on any atom is -0.280 e. The summed E-state index contributed by atoms with van der Waals surface area (Å²) < 4.78 is 27.3. The van der Waals surface area contributed by atoms with Gasteiger partial charge in [-0.3, -0.25) is 4.72 Å². The predicted molar refractivity (Wildman–Crippen MR) is 87.2 cm³/mol. The summed E-state index contributed by atoms with van der Waals surface area (Å²) in [5.74, 6) is 0. The summed E-state index contributed by atoms with van der Waals surface area (Å²) in [5, 5.41) is 1.17. The summed E-state index contributed by atoms with van der Waals surface area (Å²) in [4.78, 5) is 0. The normalized spacial score (nSPS) is 11.6. The molecular weight excluding hydrogens is 373 g/mol. The topological polar surface area (TPSA) is 46.2 Å². The first-order valence-electron chi connectivity index (χ1n) is 5.57. The standard InChI is InChI=1S/C14H12INO2S/c15-13-7-4-8-14(11-13)16-19(17,18)10-9-12-5-2-1-3-6-12/h1-11,16H. The molecule has 2 rings (SSSR count). The molecule has 0 aliphatic rings. The van der Waals surface area contributed by atoms with Gasteiger partial charge in [0.15, 0.2) is 0 Å². The van der Waals surface area contributed by atoms with Gasteiger partial charge in [0.25, 0.3) is 10.0 Å². The number of sulfonamides is 1. The highest BCUT2D eigenvalue weighted by Crippen LogP contribution is 2.14. The number of rotatable bonds is 4. The zero-order valence-electron chi connectivity index (χ0n) is 9.95. The van der Waals surface area contributed by atoms with Crippen molar-refractivity contribution < 1.29 is 8.42 Å². The monoisotopic (exact) mass is 385 g/mol. The maximum Gasteiger partial charge on any atom is 0.255 e. The van der Waals surface area contributed by atoms with E-state index in [9.17, 15) is 8.42 Å². The van der Waals surface area contributed by atoms with Gasteiger partial charge in [0.1, 0.15) is 0 Å². The van der Waals surface area contributed by atoms with Gasteiger partial charge >= 0.3 is 0 Å². The maximum atomic E-state index is 11.9. The summed E-state index contributed by atoms with van der Waals surface area (Å²) in [6, 6.07) is 16.5. The summed E-state index contributed by atoms with van der Waals surface area (Å²) in [5.41, 5.74) is 1.40. The van der Waals surface area contributed by atoms with Crippen molar-refractivity contribution in [3.8, 4) is 0 Å². The van der Waals surface area contributed by atoms with Crippen molar-refractivity contribution in [2.24, 2.45) is 0 Å². The lowest BCUT2D eigenvalue weighted by Gasteiger charge is -2.04. The lowest BCUT2D eigenvalue weighted by atomic mass is 10.2. The quantitative estimate of drug-likeness (QED) is 0.816. The number of nitrogens with one attached hydrogen (secondary N) is 1. The molecule has 0 aromatic heterocycles. The molecule has 0 bridgehead atoms. The number of anilines is 1. The van der Waals surface area contributed by atoms with Crippen LogP contribution in [0.25, 0.3) is 6.08 Å². The smallest absolute Gasteiger partial charge is 0.255 e. The second-order valence-electron chi connectivity index (χ2n) is 3.87. The van der Waals surface area contributed by atoms with Crippen molar-refractivity contribution in [1.82, 2.24) is 0 Å². The van der Waals surface area contributed by atoms with Crippen molar-refractivity contribution in [2.45, 2.75) is 0 Å². The molecule has 5 heteroatoms. The fourth-order valence-corrected chi connectivity index (χ4v) is 2.89. The van der Waals surface area contributed by atoms with Gasteiger partial charge in [-0.25, -0.2) is 8.42 Å². The highest BCUT2D eigenvalue weighted by atomic mass is 127. The van der Waals surface area contributed by atoms with Gasteiger partial charge in [-0.15, -0.1) is 0 Å². The fraction of sp³-hybridized carbons (Fsp3) is 0. The second kappa shape index (κ2) is 6.21. The first-order valence-corrected chi connectivity index (χ1v) is 8.19. The van der Waals surface area contributed by atoms with E-state index in [0.29, 0.717) is 5.69 Å². The van der Waals surface area contributed by atoms with E-state index in [2.05, 4.69) is 27.3 Å². The zero-order valence-corrected chi connectivity index (χ0v) is 12.9. The molecule has 0 radical (unpaired) electrons. The summed E-state index contributed by atoms with van der Waals surface area (Å²) in [7, 11) is -3.48. The lowest BCUT2D eigenvalue weighted by Crippen LogP contribution is -2.08. The third kappa shape index (κ3) is 4.68. The summed E-state index contributed by atoms with van der Waals surface area (Å²) in [6.45, 7) is 0. The van der Waals surface area contributed by atoms with Crippen LogP contribution < -0.4 is 4.72 Å². The van der Waals surface area contributed by atoms with Gasteiger partial charge in [0.05, 0.1) is 5.41 Å². The van der Waals surface area contributed by atoms with Gasteiger partial charge in [0.2, 0.25) is 0 Å². The van der Waals surface area contributed by atoms with Crippen LogP contribution in [0.5, 0.6) is 0 Å². The number of hydrogen-bond acceptors (Lipinski definition) is 2. The molecule has 0 heterocycles. The molecule has 0 saturated carbocycles. The Bertz CT molecular complexity index is 682. The molecule has 19 heavy (non-hydrogen) atoms. The first kappa shape index (κ1) is 14.1. The molecule has 0 unspecified atom stereocenters. The van der Waals surface area contributed by atoms with Crippen molar-refractivity contribution in [3.63, 3.8) is 0 Å². The van der Waals surface area contributed by atoms with Crippen LogP contribution in [0.4, 0.5) is 5.69 Å². The molecule has 2 aromatic rings. The Labute approximate surface area is 126 Å². The van der Waals surface area contributed by atoms with E-state index < -0.39 is 10.0 Å². The van der Waals surface area contributed by atoms with Crippen LogP contribution in [0.15, 0.2) is 60.0 Å². The maximum absolute atomic E-state index is 11.9. The molecule has 0 atom stereocenters. The summed E-state index contributed by atoms with van der Waals surface area (Å²) >= 11 is 2.13. The average Bonchev–Trinajstić information content (AvgIpc) is 2.37. The molecule has 0 spiro atoms. The number of benzene rings is 2. The minimum absolute atomic E-state index is 0.560. The van der Waals surface area contributed by atoms with Gasteiger partial charge in [0, 0.05) is 9.26 Å². The fourth-order valence-electron chi connectivity index (χ4n) is 1.48. The van der Waals surface area contributed by atoms with Crippen molar-refractivity contribution in [1.29, 1.82) is 0 Å². The van der Waals surface area contributed by atoms with Crippen molar-refractivity contribution >= 4 is 44.4 Å². The average molecular weight is 385 g/mol. The number of halogens is 1. The van der Waals surface area contributed by atoms with Gasteiger partial charge in [-0.2, -0.15) is 0 Å². The van der Waals surface area contributed by atoms with Gasteiger partial charge in [-0.1, -0.05) is 36.4 Å². The predicted octanol–water partition coefficient (Wildman–Crippen LogP) is 3.70. The Balaban J connectivity index is 2.13. The first-order chi connectivity index (χ1) is 9.05. The highest BCUT2D eigenvalue weighted by Gasteiger charge is 2.05. The van der Waals surface area contributed by atoms with E-state index in [0.717, 1.165) is 9.13 Å². The van der Waals surface area contributed by atoms with Crippen LogP contribution in [-0.4, -0.2) is 8.42 Å². The third-order valence-electron chi connectivity index (χ3n) is 2.32. The van der Waals surface area contributed by atoms with Gasteiger partial charge in [-0.05, 0) is 52.4 Å². The molecule has 0 aliphatic carbocycles. The van der Waals surface area contributed by atoms with Crippen LogP contribution in [0, 0.1) is 3.57 Å². The van der Waals surface area contributed by atoms with E-state index in [1.807, 2.05) is 36.4 Å². The van der Waals surface area contributed by atoms with Crippen LogP contribution in [0.3, 0.4) is 0 Å². The SMILES string of the molecule is O=S(=O)(C=Cc1ccccc1)Nc1cccc(I)c1. The van der Waals surface area contributed by atoms with Crippen molar-refractivity contribution in [3.05, 3.63) is 69.1 Å². The van der Waals surface area contributed by atoms with E-state index >= 15 is 0 Å². The largest absolute Gasteiger partial charge is 0.280 e. The Morgan fingerprint density at radius 2 is 1.74 bits per heavy atom. The Morgan fingerprint density at radius 3 is 2.42 bits per heavy atom. The molecule has 0 saturated heterocycles. The molecule has 1 N–H and O–H groups in total. The Morgan fingerprint density at radius 1 is 1.00 bits per heavy atom. The Kier molecular flexibility index (Phi) is 4.60. The molecule has 0 amide bonds. The van der Waals surface area contributed by atoms with E-state index in [1.165, 1.54) is 5.41 Å². The second-order valence-corrected chi connectivity index (χ2v) is 6.68. The van der Waals surface area contributed by atoms with Crippen LogP contribution in [0.2, 0.25) is 0 Å². The zero-order chi connectivity index (χ0) is 13.7. The molecule has 0 fully saturated rings. The highest BCUT2D eigenvalue weighted by molar-refractivity contribution is 14.1. The molecule has 3 nitrogen and oxygen atoms in total. The number of hydrogen-bond donors (Lipinski definition) is 1.